The first-order valence-corrected chi connectivity index (χ1v) is 5.03. The number of rotatable bonds is 4. The van der Waals surface area contributed by atoms with E-state index in [0.29, 0.717) is 11.1 Å². The second-order valence-electron chi connectivity index (χ2n) is 3.15. The van der Waals surface area contributed by atoms with E-state index in [-0.39, 0.29) is 23.6 Å². The Balaban J connectivity index is 3.15. The van der Waals surface area contributed by atoms with Gasteiger partial charge in [-0.15, -0.1) is 11.6 Å². The van der Waals surface area contributed by atoms with Crippen LogP contribution in [0.15, 0.2) is 18.2 Å². The third-order valence-corrected chi connectivity index (χ3v) is 2.38. The van der Waals surface area contributed by atoms with Crippen molar-refractivity contribution < 1.29 is 14.7 Å². The highest BCUT2D eigenvalue weighted by molar-refractivity contribution is 6.19. The maximum Gasteiger partial charge on any atom is 0.335 e. The molecule has 0 aromatic heterocycles. The molecule has 1 rings (SSSR count). The van der Waals surface area contributed by atoms with Gasteiger partial charge in [0.25, 0.3) is 0 Å². The number of carboxylic acids is 1. The molecule has 15 heavy (non-hydrogen) atoms. The molecule has 0 saturated carbocycles. The van der Waals surface area contributed by atoms with Gasteiger partial charge < -0.3 is 5.11 Å². The maximum absolute atomic E-state index is 11.6. The van der Waals surface area contributed by atoms with Crippen LogP contribution >= 0.6 is 11.6 Å². The van der Waals surface area contributed by atoms with Crippen molar-refractivity contribution in [3.63, 3.8) is 0 Å². The molecule has 1 aromatic carbocycles. The normalized spacial score (nSPS) is 10.0. The van der Waals surface area contributed by atoms with Gasteiger partial charge in [0.05, 0.1) is 5.56 Å². The molecular formula is C11H11ClO3. The van der Waals surface area contributed by atoms with Crippen LogP contribution in [0.1, 0.15) is 32.7 Å². The highest BCUT2D eigenvalue weighted by Gasteiger charge is 2.14. The van der Waals surface area contributed by atoms with Crippen molar-refractivity contribution in [2.45, 2.75) is 13.3 Å². The lowest BCUT2D eigenvalue weighted by Crippen LogP contribution is -2.07. The van der Waals surface area contributed by atoms with Gasteiger partial charge in [0, 0.05) is 17.9 Å². The van der Waals surface area contributed by atoms with E-state index < -0.39 is 5.97 Å². The standard InChI is InChI=1S/C11H11ClO3/c1-7-8(10(13)5-6-12)3-2-4-9(7)11(14)15/h2-4H,5-6H2,1H3,(H,14,15). The first kappa shape index (κ1) is 11.7. The minimum absolute atomic E-state index is 0.120. The Hall–Kier alpha value is -1.35. The average Bonchev–Trinajstić information content (AvgIpc) is 2.17. The Labute approximate surface area is 92.7 Å². The number of Topliss-reactive ketones (excluding diaryl/α,β-unsaturated/α-hetero) is 1. The third-order valence-electron chi connectivity index (χ3n) is 2.19. The van der Waals surface area contributed by atoms with E-state index >= 15 is 0 Å². The number of hydrogen-bond acceptors (Lipinski definition) is 2. The predicted octanol–water partition coefficient (Wildman–Crippen LogP) is 2.50. The zero-order valence-corrected chi connectivity index (χ0v) is 9.04. The minimum Gasteiger partial charge on any atom is -0.478 e. The molecule has 0 saturated heterocycles. The molecule has 1 aromatic rings. The lowest BCUT2D eigenvalue weighted by atomic mass is 9.98. The van der Waals surface area contributed by atoms with Gasteiger partial charge in [-0.1, -0.05) is 12.1 Å². The lowest BCUT2D eigenvalue weighted by Gasteiger charge is -2.06. The van der Waals surface area contributed by atoms with Crippen LogP contribution in [0.5, 0.6) is 0 Å². The molecule has 1 N–H and O–H groups in total. The van der Waals surface area contributed by atoms with Crippen LogP contribution in [0.4, 0.5) is 0 Å². The predicted molar refractivity (Wildman–Crippen MR) is 57.8 cm³/mol. The second-order valence-corrected chi connectivity index (χ2v) is 3.52. The smallest absolute Gasteiger partial charge is 0.335 e. The van der Waals surface area contributed by atoms with Gasteiger partial charge >= 0.3 is 5.97 Å². The first-order valence-electron chi connectivity index (χ1n) is 4.50. The van der Waals surface area contributed by atoms with E-state index in [1.165, 1.54) is 6.07 Å². The zero-order valence-electron chi connectivity index (χ0n) is 8.29. The molecular weight excluding hydrogens is 216 g/mol. The third kappa shape index (κ3) is 2.57. The molecule has 0 amide bonds. The number of carboxylic acid groups (broad SMARTS) is 1. The number of ketones is 1. The Kier molecular flexibility index (Phi) is 3.86. The molecule has 0 radical (unpaired) electrons. The number of carbonyl (C=O) groups excluding carboxylic acids is 1. The Morgan fingerprint density at radius 2 is 1.93 bits per heavy atom. The van der Waals surface area contributed by atoms with E-state index in [0.717, 1.165) is 0 Å². The van der Waals surface area contributed by atoms with Crippen LogP contribution in [0.2, 0.25) is 0 Å². The summed E-state index contributed by atoms with van der Waals surface area (Å²) in [5.74, 6) is -0.895. The number of aromatic carboxylic acids is 1. The van der Waals surface area contributed by atoms with Crippen LogP contribution in [-0.4, -0.2) is 22.7 Å². The molecule has 3 nitrogen and oxygen atoms in total. The zero-order chi connectivity index (χ0) is 11.4. The SMILES string of the molecule is Cc1c(C(=O)O)cccc1C(=O)CCCl. The van der Waals surface area contributed by atoms with E-state index in [9.17, 15) is 9.59 Å². The molecule has 0 aliphatic heterocycles. The summed E-state index contributed by atoms with van der Waals surface area (Å²) < 4.78 is 0. The van der Waals surface area contributed by atoms with Crippen LogP contribution in [0.3, 0.4) is 0 Å². The molecule has 0 heterocycles. The van der Waals surface area contributed by atoms with Gasteiger partial charge in [-0.3, -0.25) is 4.79 Å². The van der Waals surface area contributed by atoms with Crippen LogP contribution in [-0.2, 0) is 0 Å². The van der Waals surface area contributed by atoms with Crippen molar-refractivity contribution in [3.8, 4) is 0 Å². The highest BCUT2D eigenvalue weighted by Crippen LogP contribution is 2.15. The maximum atomic E-state index is 11.6. The summed E-state index contributed by atoms with van der Waals surface area (Å²) in [4.78, 5) is 22.4. The summed E-state index contributed by atoms with van der Waals surface area (Å²) in [5.41, 5.74) is 1.10. The van der Waals surface area contributed by atoms with Gasteiger partial charge in [-0.25, -0.2) is 4.79 Å². The Morgan fingerprint density at radius 3 is 2.47 bits per heavy atom. The quantitative estimate of drug-likeness (QED) is 0.634. The van der Waals surface area contributed by atoms with E-state index in [2.05, 4.69) is 0 Å². The van der Waals surface area contributed by atoms with E-state index in [1.54, 1.807) is 19.1 Å². The molecule has 0 fully saturated rings. The summed E-state index contributed by atoms with van der Waals surface area (Å²) >= 11 is 5.46. The molecule has 0 spiro atoms. The molecule has 4 heteroatoms. The number of halogens is 1. The summed E-state index contributed by atoms with van der Waals surface area (Å²) in [6, 6.07) is 4.67. The second kappa shape index (κ2) is 4.94. The van der Waals surface area contributed by atoms with Crippen LogP contribution < -0.4 is 0 Å². The summed E-state index contributed by atoms with van der Waals surface area (Å²) in [6.45, 7) is 1.63. The van der Waals surface area contributed by atoms with Gasteiger partial charge in [0.15, 0.2) is 5.78 Å². The largest absolute Gasteiger partial charge is 0.478 e. The van der Waals surface area contributed by atoms with Gasteiger partial charge in [-0.2, -0.15) is 0 Å². The highest BCUT2D eigenvalue weighted by atomic mass is 35.5. The summed E-state index contributed by atoms with van der Waals surface area (Å²) in [5, 5.41) is 8.86. The van der Waals surface area contributed by atoms with Gasteiger partial charge in [-0.05, 0) is 18.6 Å². The Bertz CT molecular complexity index is 399. The molecule has 0 bridgehead atoms. The van der Waals surface area contributed by atoms with Crippen molar-refractivity contribution in [1.29, 1.82) is 0 Å². The monoisotopic (exact) mass is 226 g/mol. The van der Waals surface area contributed by atoms with Gasteiger partial charge in [0.2, 0.25) is 0 Å². The molecule has 0 atom stereocenters. The number of alkyl halides is 1. The molecule has 0 unspecified atom stereocenters. The van der Waals surface area contributed by atoms with Crippen LogP contribution in [0.25, 0.3) is 0 Å². The van der Waals surface area contributed by atoms with E-state index in [1.807, 2.05) is 0 Å². The van der Waals surface area contributed by atoms with Gasteiger partial charge in [0.1, 0.15) is 0 Å². The van der Waals surface area contributed by atoms with Crippen molar-refractivity contribution in [2.24, 2.45) is 0 Å². The number of hydrogen-bond donors (Lipinski definition) is 1. The summed E-state index contributed by atoms with van der Waals surface area (Å²) in [7, 11) is 0. The number of benzene rings is 1. The molecule has 0 aliphatic rings. The first-order chi connectivity index (χ1) is 7.07. The van der Waals surface area contributed by atoms with Crippen molar-refractivity contribution in [1.82, 2.24) is 0 Å². The average molecular weight is 227 g/mol. The molecule has 0 aliphatic carbocycles. The summed E-state index contributed by atoms with van der Waals surface area (Å²) in [6.07, 6.45) is 0.228. The lowest BCUT2D eigenvalue weighted by molar-refractivity contribution is 0.0696. The van der Waals surface area contributed by atoms with E-state index in [4.69, 9.17) is 16.7 Å². The molecule has 80 valence electrons. The van der Waals surface area contributed by atoms with Crippen molar-refractivity contribution in [3.05, 3.63) is 34.9 Å². The fraction of sp³-hybridized carbons (Fsp3) is 0.273. The fourth-order valence-corrected chi connectivity index (χ4v) is 1.56. The minimum atomic E-state index is -1.02. The Morgan fingerprint density at radius 1 is 1.33 bits per heavy atom. The number of carbonyl (C=O) groups is 2. The van der Waals surface area contributed by atoms with Crippen LogP contribution in [0, 0.1) is 6.92 Å². The van der Waals surface area contributed by atoms with Crippen molar-refractivity contribution in [2.75, 3.05) is 5.88 Å². The fourth-order valence-electron chi connectivity index (χ4n) is 1.39. The van der Waals surface area contributed by atoms with Crippen molar-refractivity contribution >= 4 is 23.4 Å². The topological polar surface area (TPSA) is 54.4 Å².